The van der Waals surface area contributed by atoms with Gasteiger partial charge in [0.1, 0.15) is 6.04 Å². The highest BCUT2D eigenvalue weighted by molar-refractivity contribution is 5.75. The van der Waals surface area contributed by atoms with E-state index in [2.05, 4.69) is 16.8 Å². The Balaban J connectivity index is 1.96. The smallest absolute Gasteiger partial charge is 0.323 e. The van der Waals surface area contributed by atoms with Gasteiger partial charge >= 0.3 is 5.97 Å². The average Bonchev–Trinajstić information content (AvgIpc) is 2.53. The van der Waals surface area contributed by atoms with Gasteiger partial charge in [-0.1, -0.05) is 0 Å². The van der Waals surface area contributed by atoms with Crippen molar-refractivity contribution in [1.82, 2.24) is 9.80 Å². The van der Waals surface area contributed by atoms with E-state index >= 15 is 0 Å². The van der Waals surface area contributed by atoms with Crippen LogP contribution in [-0.2, 0) is 9.53 Å². The van der Waals surface area contributed by atoms with E-state index in [0.29, 0.717) is 12.6 Å². The first-order valence-electron chi connectivity index (χ1n) is 6.76. The van der Waals surface area contributed by atoms with Crippen LogP contribution in [0, 0.1) is 0 Å². The number of likely N-dealkylation sites (N-methyl/N-ethyl adjacent to an activating group) is 1. The Kier molecular flexibility index (Phi) is 4.05. The average molecular weight is 240 g/mol. The zero-order valence-electron chi connectivity index (χ0n) is 11.2. The molecule has 0 N–H and O–H groups in total. The molecule has 17 heavy (non-hydrogen) atoms. The molecule has 0 aliphatic carbocycles. The highest BCUT2D eigenvalue weighted by atomic mass is 16.5. The van der Waals surface area contributed by atoms with E-state index in [9.17, 15) is 4.79 Å². The second kappa shape index (κ2) is 5.36. The zero-order chi connectivity index (χ0) is 12.4. The first-order valence-corrected chi connectivity index (χ1v) is 6.76. The van der Waals surface area contributed by atoms with Crippen LogP contribution in [0.4, 0.5) is 0 Å². The maximum Gasteiger partial charge on any atom is 0.323 e. The Morgan fingerprint density at radius 1 is 1.35 bits per heavy atom. The number of carbonyl (C=O) groups is 1. The predicted octanol–water partition coefficient (Wildman–Crippen LogP) is 1.11. The Labute approximate surface area is 104 Å². The number of hydrogen-bond acceptors (Lipinski definition) is 4. The molecule has 0 aromatic rings. The molecule has 4 heteroatoms. The van der Waals surface area contributed by atoms with E-state index in [1.54, 1.807) is 0 Å². The van der Waals surface area contributed by atoms with Crippen molar-refractivity contribution in [3.05, 3.63) is 0 Å². The van der Waals surface area contributed by atoms with Crippen molar-refractivity contribution in [2.45, 2.75) is 51.2 Å². The molecular weight excluding hydrogens is 216 g/mol. The summed E-state index contributed by atoms with van der Waals surface area (Å²) in [5.74, 6) is -0.0760. The van der Waals surface area contributed by atoms with Crippen molar-refractivity contribution >= 4 is 5.97 Å². The number of esters is 1. The summed E-state index contributed by atoms with van der Waals surface area (Å²) in [5, 5.41) is 0. The quantitative estimate of drug-likeness (QED) is 0.692. The molecular formula is C13H24N2O2. The molecule has 2 bridgehead atoms. The molecule has 98 valence electrons. The van der Waals surface area contributed by atoms with Crippen LogP contribution in [0.3, 0.4) is 0 Å². The molecule has 0 spiro atoms. The SMILES string of the molecule is CCOC(=O)C(C)N1CCC2CCC(C1)N2C. The Hall–Kier alpha value is -0.610. The van der Waals surface area contributed by atoms with E-state index in [4.69, 9.17) is 4.74 Å². The van der Waals surface area contributed by atoms with Crippen LogP contribution >= 0.6 is 0 Å². The maximum atomic E-state index is 11.8. The van der Waals surface area contributed by atoms with Crippen LogP contribution in [-0.4, -0.2) is 60.6 Å². The zero-order valence-corrected chi connectivity index (χ0v) is 11.2. The topological polar surface area (TPSA) is 32.8 Å². The lowest BCUT2D eigenvalue weighted by Crippen LogP contribution is -2.45. The van der Waals surface area contributed by atoms with Crippen molar-refractivity contribution in [2.24, 2.45) is 0 Å². The molecule has 2 aliphatic rings. The van der Waals surface area contributed by atoms with Crippen molar-refractivity contribution in [3.63, 3.8) is 0 Å². The van der Waals surface area contributed by atoms with E-state index in [-0.39, 0.29) is 12.0 Å². The van der Waals surface area contributed by atoms with Crippen molar-refractivity contribution < 1.29 is 9.53 Å². The Bertz CT molecular complexity index is 283. The summed E-state index contributed by atoms with van der Waals surface area (Å²) in [6.07, 6.45) is 3.77. The largest absolute Gasteiger partial charge is 0.465 e. The number of fused-ring (bicyclic) bond motifs is 2. The molecule has 0 saturated carbocycles. The molecule has 2 saturated heterocycles. The van der Waals surface area contributed by atoms with Gasteiger partial charge in [0.15, 0.2) is 0 Å². The molecule has 0 radical (unpaired) electrons. The number of nitrogens with zero attached hydrogens (tertiary/aromatic N) is 2. The van der Waals surface area contributed by atoms with Crippen LogP contribution in [0.5, 0.6) is 0 Å². The van der Waals surface area contributed by atoms with Gasteiger partial charge in [0, 0.05) is 25.2 Å². The lowest BCUT2D eigenvalue weighted by atomic mass is 10.1. The van der Waals surface area contributed by atoms with E-state index in [1.807, 2.05) is 13.8 Å². The molecule has 4 nitrogen and oxygen atoms in total. The number of ether oxygens (including phenoxy) is 1. The van der Waals surface area contributed by atoms with Crippen molar-refractivity contribution in [2.75, 3.05) is 26.7 Å². The number of hydrogen-bond donors (Lipinski definition) is 0. The minimum atomic E-state index is -0.0947. The van der Waals surface area contributed by atoms with Crippen LogP contribution in [0.25, 0.3) is 0 Å². The maximum absolute atomic E-state index is 11.8. The summed E-state index contributed by atoms with van der Waals surface area (Å²) < 4.78 is 5.11. The summed E-state index contributed by atoms with van der Waals surface area (Å²) in [6, 6.07) is 1.25. The van der Waals surface area contributed by atoms with Crippen LogP contribution in [0.1, 0.15) is 33.1 Å². The standard InChI is InChI=1S/C13H24N2O2/c1-4-17-13(16)10(2)15-8-7-11-5-6-12(9-15)14(11)3/h10-12H,4-9H2,1-3H3. The van der Waals surface area contributed by atoms with Gasteiger partial charge in [-0.25, -0.2) is 0 Å². The minimum absolute atomic E-state index is 0.0760. The van der Waals surface area contributed by atoms with Gasteiger partial charge < -0.3 is 4.74 Å². The van der Waals surface area contributed by atoms with Gasteiger partial charge in [0.2, 0.25) is 0 Å². The van der Waals surface area contributed by atoms with Crippen molar-refractivity contribution in [1.29, 1.82) is 0 Å². The summed E-state index contributed by atoms with van der Waals surface area (Å²) in [7, 11) is 2.22. The van der Waals surface area contributed by atoms with E-state index in [1.165, 1.54) is 19.3 Å². The van der Waals surface area contributed by atoms with Crippen LogP contribution in [0.2, 0.25) is 0 Å². The van der Waals surface area contributed by atoms with Gasteiger partial charge in [-0.3, -0.25) is 14.6 Å². The molecule has 0 aromatic heterocycles. The predicted molar refractivity (Wildman–Crippen MR) is 66.9 cm³/mol. The molecule has 3 atom stereocenters. The van der Waals surface area contributed by atoms with Gasteiger partial charge in [0.05, 0.1) is 6.61 Å². The summed E-state index contributed by atoms with van der Waals surface area (Å²) in [4.78, 5) is 16.6. The van der Waals surface area contributed by atoms with Crippen LogP contribution in [0.15, 0.2) is 0 Å². The third kappa shape index (κ3) is 2.63. The second-order valence-electron chi connectivity index (χ2n) is 5.26. The molecule has 0 aromatic carbocycles. The fourth-order valence-electron chi connectivity index (χ4n) is 3.10. The van der Waals surface area contributed by atoms with E-state index in [0.717, 1.165) is 19.1 Å². The molecule has 0 amide bonds. The first-order chi connectivity index (χ1) is 8.13. The first kappa shape index (κ1) is 12.8. The molecule has 2 rings (SSSR count). The molecule has 2 fully saturated rings. The van der Waals surface area contributed by atoms with Crippen molar-refractivity contribution in [3.8, 4) is 0 Å². The number of rotatable bonds is 3. The summed E-state index contributed by atoms with van der Waals surface area (Å²) in [5.41, 5.74) is 0. The lowest BCUT2D eigenvalue weighted by molar-refractivity contribution is -0.149. The van der Waals surface area contributed by atoms with Gasteiger partial charge in [-0.2, -0.15) is 0 Å². The molecule has 3 unspecified atom stereocenters. The highest BCUT2D eigenvalue weighted by Crippen LogP contribution is 2.29. The van der Waals surface area contributed by atoms with E-state index < -0.39 is 0 Å². The van der Waals surface area contributed by atoms with Gasteiger partial charge in [-0.05, 0) is 40.2 Å². The monoisotopic (exact) mass is 240 g/mol. The Morgan fingerprint density at radius 3 is 2.76 bits per heavy atom. The summed E-state index contributed by atoms with van der Waals surface area (Å²) in [6.45, 7) is 6.33. The fraction of sp³-hybridized carbons (Fsp3) is 0.923. The number of likely N-dealkylation sites (tertiary alicyclic amines) is 1. The minimum Gasteiger partial charge on any atom is -0.465 e. The molecule has 2 heterocycles. The van der Waals surface area contributed by atoms with Gasteiger partial charge in [0.25, 0.3) is 0 Å². The lowest BCUT2D eigenvalue weighted by Gasteiger charge is -2.29. The van der Waals surface area contributed by atoms with Gasteiger partial charge in [-0.15, -0.1) is 0 Å². The fourth-order valence-corrected chi connectivity index (χ4v) is 3.10. The number of carbonyl (C=O) groups excluding carboxylic acids is 1. The third-order valence-corrected chi connectivity index (χ3v) is 4.36. The highest BCUT2D eigenvalue weighted by Gasteiger charge is 2.37. The summed E-state index contributed by atoms with van der Waals surface area (Å²) >= 11 is 0. The molecule has 2 aliphatic heterocycles. The van der Waals surface area contributed by atoms with Crippen LogP contribution < -0.4 is 0 Å². The normalized spacial score (nSPS) is 32.2. The Morgan fingerprint density at radius 2 is 2.06 bits per heavy atom. The second-order valence-corrected chi connectivity index (χ2v) is 5.26. The third-order valence-electron chi connectivity index (χ3n) is 4.36.